The third kappa shape index (κ3) is 6.39. The van der Waals surface area contributed by atoms with Gasteiger partial charge in [-0.15, -0.1) is 0 Å². The van der Waals surface area contributed by atoms with Crippen LogP contribution < -0.4 is 10.1 Å². The van der Waals surface area contributed by atoms with Gasteiger partial charge in [0.15, 0.2) is 0 Å². The minimum absolute atomic E-state index is 0.184. The molecule has 3 heteroatoms. The normalized spacial score (nSPS) is 18.4. The number of ether oxygens (including phenoxy) is 1. The molecule has 1 aliphatic rings. The van der Waals surface area contributed by atoms with E-state index < -0.39 is 0 Å². The molecular formula is C16H25NO2. The fraction of sp³-hybridized carbons (Fsp3) is 0.562. The third-order valence-corrected chi connectivity index (χ3v) is 3.17. The van der Waals surface area contributed by atoms with Gasteiger partial charge in [0.2, 0.25) is 0 Å². The van der Waals surface area contributed by atoms with Gasteiger partial charge >= 0.3 is 0 Å². The summed E-state index contributed by atoms with van der Waals surface area (Å²) >= 11 is 0. The van der Waals surface area contributed by atoms with E-state index in [4.69, 9.17) is 4.74 Å². The average Bonchev–Trinajstić information content (AvgIpc) is 2.48. The van der Waals surface area contributed by atoms with E-state index in [2.05, 4.69) is 12.2 Å². The molecule has 1 atom stereocenters. The van der Waals surface area contributed by atoms with E-state index in [-0.39, 0.29) is 6.04 Å². The van der Waals surface area contributed by atoms with Crippen molar-refractivity contribution in [2.24, 2.45) is 0 Å². The van der Waals surface area contributed by atoms with Gasteiger partial charge in [-0.25, -0.2) is 0 Å². The highest BCUT2D eigenvalue weighted by Gasteiger charge is 2.20. The molecule has 0 amide bonds. The van der Waals surface area contributed by atoms with E-state index in [0.717, 1.165) is 38.0 Å². The summed E-state index contributed by atoms with van der Waals surface area (Å²) in [4.78, 5) is 11.2. The molecule has 1 N–H and O–H groups in total. The zero-order valence-electron chi connectivity index (χ0n) is 12.0. The number of hydrogen-bond donors (Lipinski definition) is 1. The summed E-state index contributed by atoms with van der Waals surface area (Å²) in [6.45, 7) is 3.11. The molecule has 1 aromatic carbocycles. The first-order chi connectivity index (χ1) is 9.27. The maximum Gasteiger partial charge on any atom is 0.149 e. The summed E-state index contributed by atoms with van der Waals surface area (Å²) in [6, 6.07) is 9.86. The van der Waals surface area contributed by atoms with Crippen molar-refractivity contribution in [3.63, 3.8) is 0 Å². The highest BCUT2D eigenvalue weighted by molar-refractivity contribution is 5.84. The molecule has 1 aromatic rings. The lowest BCUT2D eigenvalue weighted by Crippen LogP contribution is -2.39. The molecule has 1 unspecified atom stereocenters. The van der Waals surface area contributed by atoms with Gasteiger partial charge < -0.3 is 10.1 Å². The van der Waals surface area contributed by atoms with Crippen LogP contribution in [0.2, 0.25) is 0 Å². The van der Waals surface area contributed by atoms with Gasteiger partial charge in [0.25, 0.3) is 0 Å². The van der Waals surface area contributed by atoms with Crippen LogP contribution in [0.5, 0.6) is 5.75 Å². The number of para-hydroxylation sites is 1. The van der Waals surface area contributed by atoms with Crippen molar-refractivity contribution in [1.29, 1.82) is 0 Å². The van der Waals surface area contributed by atoms with Crippen LogP contribution in [0.15, 0.2) is 30.3 Å². The first kappa shape index (κ1) is 15.7. The number of hydrogen-bond acceptors (Lipinski definition) is 3. The van der Waals surface area contributed by atoms with E-state index in [1.165, 1.54) is 6.42 Å². The highest BCUT2D eigenvalue weighted by Crippen LogP contribution is 2.14. The first-order valence-corrected chi connectivity index (χ1v) is 7.13. The maximum absolute atomic E-state index is 11.2. The quantitative estimate of drug-likeness (QED) is 0.906. The number of carbonyl (C=O) groups is 1. The lowest BCUT2D eigenvalue weighted by Gasteiger charge is -2.21. The molecule has 2 rings (SSSR count). The molecule has 1 saturated carbocycles. The maximum atomic E-state index is 11.2. The van der Waals surface area contributed by atoms with Crippen molar-refractivity contribution in [3.05, 3.63) is 30.3 Å². The molecule has 3 nitrogen and oxygen atoms in total. The topological polar surface area (TPSA) is 38.3 Å². The number of ketones is 1. The first-order valence-electron chi connectivity index (χ1n) is 7.13. The number of nitrogens with one attached hydrogen (secondary N) is 1. The fourth-order valence-corrected chi connectivity index (χ4v) is 2.07. The summed E-state index contributed by atoms with van der Waals surface area (Å²) in [5.74, 6) is 1.33. The Balaban J connectivity index is 0.000000200. The number of benzene rings is 1. The summed E-state index contributed by atoms with van der Waals surface area (Å²) in [5.41, 5.74) is 0. The minimum Gasteiger partial charge on any atom is -0.497 e. The highest BCUT2D eigenvalue weighted by atomic mass is 16.5. The minimum atomic E-state index is 0.184. The summed E-state index contributed by atoms with van der Waals surface area (Å²) < 4.78 is 4.91. The Kier molecular flexibility index (Phi) is 7.91. The Morgan fingerprint density at radius 2 is 2.00 bits per heavy atom. The van der Waals surface area contributed by atoms with Crippen LogP contribution in [0, 0.1) is 0 Å². The predicted octanol–water partition coefficient (Wildman–Crippen LogP) is 3.19. The summed E-state index contributed by atoms with van der Waals surface area (Å²) in [7, 11) is 1.66. The molecule has 1 fully saturated rings. The van der Waals surface area contributed by atoms with Gasteiger partial charge in [-0.2, -0.15) is 0 Å². The number of Topliss-reactive ketones (excluding diaryl/α,β-unsaturated/α-hetero) is 1. The molecule has 0 bridgehead atoms. The molecule has 19 heavy (non-hydrogen) atoms. The lowest BCUT2D eigenvalue weighted by atomic mass is 9.94. The molecule has 106 valence electrons. The number of methoxy groups -OCH3 is 1. The second-order valence-electron chi connectivity index (χ2n) is 4.74. The fourth-order valence-electron chi connectivity index (χ4n) is 2.07. The molecule has 0 aromatic heterocycles. The van der Waals surface area contributed by atoms with Crippen LogP contribution in [-0.4, -0.2) is 25.5 Å². The van der Waals surface area contributed by atoms with Crippen molar-refractivity contribution < 1.29 is 9.53 Å². The molecule has 1 aliphatic carbocycles. The lowest BCUT2D eigenvalue weighted by molar-refractivity contribution is -0.122. The smallest absolute Gasteiger partial charge is 0.149 e. The summed E-state index contributed by atoms with van der Waals surface area (Å²) in [6.07, 6.45) is 5.28. The van der Waals surface area contributed by atoms with Gasteiger partial charge in [-0.3, -0.25) is 4.79 Å². The van der Waals surface area contributed by atoms with Crippen LogP contribution >= 0.6 is 0 Å². The van der Waals surface area contributed by atoms with Crippen molar-refractivity contribution in [2.75, 3.05) is 13.7 Å². The molecule has 0 radical (unpaired) electrons. The standard InChI is InChI=1S/C9H17NO.C7H8O/c1-2-7-10-8-5-3-4-6-9(8)11;1-8-7-5-3-2-4-6-7/h8,10H,2-7H2,1H3;2-6H,1H3. The van der Waals surface area contributed by atoms with E-state index >= 15 is 0 Å². The Labute approximate surface area is 116 Å². The van der Waals surface area contributed by atoms with Gasteiger partial charge in [-0.05, 0) is 37.9 Å². The zero-order valence-corrected chi connectivity index (χ0v) is 12.0. The van der Waals surface area contributed by atoms with Crippen molar-refractivity contribution in [2.45, 2.75) is 45.1 Å². The monoisotopic (exact) mass is 263 g/mol. The molecule has 0 aliphatic heterocycles. The van der Waals surface area contributed by atoms with Gasteiger partial charge in [0.1, 0.15) is 11.5 Å². The van der Waals surface area contributed by atoms with Crippen LogP contribution in [-0.2, 0) is 4.79 Å². The van der Waals surface area contributed by atoms with Crippen LogP contribution in [0.3, 0.4) is 0 Å². The Hall–Kier alpha value is -1.35. The van der Waals surface area contributed by atoms with Gasteiger partial charge in [-0.1, -0.05) is 31.5 Å². The van der Waals surface area contributed by atoms with Crippen molar-refractivity contribution in [3.8, 4) is 5.75 Å². The van der Waals surface area contributed by atoms with Crippen molar-refractivity contribution in [1.82, 2.24) is 5.32 Å². The number of carbonyl (C=O) groups excluding carboxylic acids is 1. The summed E-state index contributed by atoms with van der Waals surface area (Å²) in [5, 5.41) is 3.27. The second-order valence-corrected chi connectivity index (χ2v) is 4.74. The molecule has 0 spiro atoms. The van der Waals surface area contributed by atoms with Gasteiger partial charge in [0.05, 0.1) is 13.2 Å². The Bertz CT molecular complexity index is 351. The average molecular weight is 263 g/mol. The second kappa shape index (κ2) is 9.56. The Morgan fingerprint density at radius 1 is 1.26 bits per heavy atom. The Morgan fingerprint density at radius 3 is 2.53 bits per heavy atom. The van der Waals surface area contributed by atoms with Gasteiger partial charge in [0, 0.05) is 6.42 Å². The largest absolute Gasteiger partial charge is 0.497 e. The van der Waals surface area contributed by atoms with Crippen LogP contribution in [0.25, 0.3) is 0 Å². The molecular weight excluding hydrogens is 238 g/mol. The van der Waals surface area contributed by atoms with Crippen LogP contribution in [0.4, 0.5) is 0 Å². The molecule has 0 heterocycles. The van der Waals surface area contributed by atoms with E-state index in [1.54, 1.807) is 7.11 Å². The van der Waals surface area contributed by atoms with E-state index in [0.29, 0.717) is 5.78 Å². The van der Waals surface area contributed by atoms with E-state index in [9.17, 15) is 4.79 Å². The SMILES string of the molecule is CCCNC1CCCCC1=O.COc1ccccc1. The third-order valence-electron chi connectivity index (χ3n) is 3.17. The molecule has 0 saturated heterocycles. The zero-order chi connectivity index (χ0) is 13.9. The van der Waals surface area contributed by atoms with Crippen molar-refractivity contribution >= 4 is 5.78 Å². The number of rotatable bonds is 4. The van der Waals surface area contributed by atoms with E-state index in [1.807, 2.05) is 30.3 Å². The predicted molar refractivity (Wildman–Crippen MR) is 78.6 cm³/mol. The van der Waals surface area contributed by atoms with Crippen LogP contribution in [0.1, 0.15) is 39.0 Å².